The Labute approximate surface area is 142 Å². The van der Waals surface area contributed by atoms with Gasteiger partial charge < -0.3 is 0 Å². The number of nitriles is 1. The van der Waals surface area contributed by atoms with Gasteiger partial charge in [-0.05, 0) is 79.4 Å². The second-order valence-corrected chi connectivity index (χ2v) is 8.12. The molecule has 1 aromatic carbocycles. The van der Waals surface area contributed by atoms with Gasteiger partial charge in [0.25, 0.3) is 0 Å². The third-order valence-corrected chi connectivity index (χ3v) is 6.14. The van der Waals surface area contributed by atoms with Crippen molar-refractivity contribution in [1.29, 1.82) is 5.26 Å². The molecule has 0 atom stereocenters. The Morgan fingerprint density at radius 1 is 1.17 bits per heavy atom. The van der Waals surface area contributed by atoms with Crippen molar-refractivity contribution >= 4 is 12.1 Å². The molecule has 4 heteroatoms. The van der Waals surface area contributed by atoms with Crippen LogP contribution < -0.4 is 5.43 Å². The predicted molar refractivity (Wildman–Crippen MR) is 92.1 cm³/mol. The van der Waals surface area contributed by atoms with E-state index in [1.807, 2.05) is 12.1 Å². The van der Waals surface area contributed by atoms with E-state index in [4.69, 9.17) is 5.26 Å². The first-order chi connectivity index (χ1) is 11.6. The fourth-order valence-electron chi connectivity index (χ4n) is 5.71. The van der Waals surface area contributed by atoms with Crippen LogP contribution in [0.15, 0.2) is 29.4 Å². The van der Waals surface area contributed by atoms with Crippen molar-refractivity contribution < 1.29 is 4.79 Å². The number of amides is 1. The Bertz CT molecular complexity index is 663. The second-order valence-electron chi connectivity index (χ2n) is 8.12. The minimum absolute atomic E-state index is 0.0434. The van der Waals surface area contributed by atoms with Gasteiger partial charge in [0.2, 0.25) is 5.91 Å². The smallest absolute Gasteiger partial charge is 0.240 e. The van der Waals surface area contributed by atoms with Gasteiger partial charge in [-0.2, -0.15) is 10.4 Å². The molecule has 4 nitrogen and oxygen atoms in total. The van der Waals surface area contributed by atoms with Crippen LogP contribution in [0.2, 0.25) is 0 Å². The van der Waals surface area contributed by atoms with Crippen LogP contribution in [-0.2, 0) is 4.79 Å². The van der Waals surface area contributed by atoms with Crippen LogP contribution in [0.25, 0.3) is 0 Å². The van der Waals surface area contributed by atoms with Crippen LogP contribution in [0.1, 0.15) is 56.1 Å². The fraction of sp³-hybridized carbons (Fsp3) is 0.550. The molecule has 0 spiro atoms. The van der Waals surface area contributed by atoms with Crippen LogP contribution in [0.5, 0.6) is 0 Å². The number of benzene rings is 1. The molecule has 0 heterocycles. The van der Waals surface area contributed by atoms with E-state index < -0.39 is 0 Å². The third kappa shape index (κ3) is 3.08. The molecule has 24 heavy (non-hydrogen) atoms. The molecule has 4 aliphatic carbocycles. The Hall–Kier alpha value is -2.15. The number of carbonyl (C=O) groups excluding carboxylic acids is 1. The molecule has 0 unspecified atom stereocenters. The van der Waals surface area contributed by atoms with E-state index in [9.17, 15) is 4.79 Å². The van der Waals surface area contributed by atoms with E-state index in [1.54, 1.807) is 18.3 Å². The zero-order valence-electron chi connectivity index (χ0n) is 13.9. The molecule has 0 radical (unpaired) electrons. The maximum Gasteiger partial charge on any atom is 0.240 e. The molecule has 0 saturated heterocycles. The zero-order valence-corrected chi connectivity index (χ0v) is 13.9. The average Bonchev–Trinajstić information content (AvgIpc) is 2.53. The van der Waals surface area contributed by atoms with Crippen molar-refractivity contribution in [2.45, 2.75) is 44.9 Å². The van der Waals surface area contributed by atoms with Crippen LogP contribution in [0, 0.1) is 34.5 Å². The lowest BCUT2D eigenvalue weighted by Gasteiger charge is -2.56. The lowest BCUT2D eigenvalue weighted by molar-refractivity contribution is -0.129. The normalized spacial score (nSPS) is 33.5. The summed E-state index contributed by atoms with van der Waals surface area (Å²) in [5.74, 6) is 2.64. The zero-order chi connectivity index (χ0) is 16.6. The summed E-state index contributed by atoms with van der Waals surface area (Å²) in [7, 11) is 0. The van der Waals surface area contributed by atoms with Gasteiger partial charge in [0.05, 0.1) is 17.8 Å². The van der Waals surface area contributed by atoms with Gasteiger partial charge in [0, 0.05) is 6.42 Å². The van der Waals surface area contributed by atoms with Gasteiger partial charge in [0.15, 0.2) is 0 Å². The van der Waals surface area contributed by atoms with Crippen molar-refractivity contribution in [2.24, 2.45) is 28.3 Å². The van der Waals surface area contributed by atoms with Crippen LogP contribution in [-0.4, -0.2) is 12.1 Å². The molecule has 0 aliphatic heterocycles. The average molecular weight is 321 g/mol. The van der Waals surface area contributed by atoms with Gasteiger partial charge in [-0.15, -0.1) is 0 Å². The summed E-state index contributed by atoms with van der Waals surface area (Å²) in [6, 6.07) is 9.24. The molecule has 4 saturated carbocycles. The van der Waals surface area contributed by atoms with Crippen LogP contribution in [0.3, 0.4) is 0 Å². The SMILES string of the molecule is N#Cc1ccc(/C=N\NC(=O)CC23CC4CC(CC(C4)C2)C3)cc1. The minimum Gasteiger partial charge on any atom is -0.273 e. The van der Waals surface area contributed by atoms with Crippen molar-refractivity contribution in [1.82, 2.24) is 5.43 Å². The molecular weight excluding hydrogens is 298 g/mol. The fourth-order valence-corrected chi connectivity index (χ4v) is 5.71. The number of nitrogens with zero attached hydrogens (tertiary/aromatic N) is 2. The van der Waals surface area contributed by atoms with E-state index in [0.29, 0.717) is 12.0 Å². The molecule has 1 amide bonds. The first-order valence-electron chi connectivity index (χ1n) is 8.96. The highest BCUT2D eigenvalue weighted by Gasteiger charge is 2.51. The summed E-state index contributed by atoms with van der Waals surface area (Å²) in [6.45, 7) is 0. The monoisotopic (exact) mass is 321 g/mol. The van der Waals surface area contributed by atoms with Gasteiger partial charge in [-0.1, -0.05) is 12.1 Å². The highest BCUT2D eigenvalue weighted by Crippen LogP contribution is 2.61. The van der Waals surface area contributed by atoms with Gasteiger partial charge in [0.1, 0.15) is 0 Å². The van der Waals surface area contributed by atoms with Crippen molar-refractivity contribution in [3.8, 4) is 6.07 Å². The lowest BCUT2D eigenvalue weighted by atomic mass is 9.49. The van der Waals surface area contributed by atoms with Crippen molar-refractivity contribution in [3.63, 3.8) is 0 Å². The van der Waals surface area contributed by atoms with E-state index >= 15 is 0 Å². The number of rotatable bonds is 4. The third-order valence-electron chi connectivity index (χ3n) is 6.14. The van der Waals surface area contributed by atoms with Gasteiger partial charge in [-0.3, -0.25) is 4.79 Å². The maximum atomic E-state index is 12.4. The van der Waals surface area contributed by atoms with Gasteiger partial charge in [-0.25, -0.2) is 5.43 Å². The number of hydrogen-bond acceptors (Lipinski definition) is 3. The summed E-state index contributed by atoms with van der Waals surface area (Å²) < 4.78 is 0. The van der Waals surface area contributed by atoms with Crippen molar-refractivity contribution in [2.75, 3.05) is 0 Å². The number of hydrazone groups is 1. The number of nitrogens with one attached hydrogen (secondary N) is 1. The lowest BCUT2D eigenvalue weighted by Crippen LogP contribution is -2.47. The Morgan fingerprint density at radius 3 is 2.29 bits per heavy atom. The Kier molecular flexibility index (Phi) is 3.88. The summed E-state index contributed by atoms with van der Waals surface area (Å²) in [6.07, 6.45) is 10.2. The second kappa shape index (κ2) is 6.05. The molecule has 1 aromatic rings. The Balaban J connectivity index is 1.33. The first-order valence-corrected chi connectivity index (χ1v) is 8.96. The molecule has 124 valence electrons. The Morgan fingerprint density at radius 2 is 1.75 bits per heavy atom. The molecule has 0 aromatic heterocycles. The quantitative estimate of drug-likeness (QED) is 0.680. The maximum absolute atomic E-state index is 12.4. The summed E-state index contributed by atoms with van der Waals surface area (Å²) in [5, 5.41) is 12.9. The highest BCUT2D eigenvalue weighted by molar-refractivity contribution is 5.82. The molecule has 4 fully saturated rings. The largest absolute Gasteiger partial charge is 0.273 e. The number of hydrogen-bond donors (Lipinski definition) is 1. The highest BCUT2D eigenvalue weighted by atomic mass is 16.2. The summed E-state index contributed by atoms with van der Waals surface area (Å²) >= 11 is 0. The van der Waals surface area contributed by atoms with Gasteiger partial charge >= 0.3 is 0 Å². The van der Waals surface area contributed by atoms with E-state index in [1.165, 1.54) is 38.5 Å². The predicted octanol–water partition coefficient (Wildman–Crippen LogP) is 3.61. The topological polar surface area (TPSA) is 65.2 Å². The molecule has 1 N–H and O–H groups in total. The van der Waals surface area contributed by atoms with Crippen molar-refractivity contribution in [3.05, 3.63) is 35.4 Å². The summed E-state index contributed by atoms with van der Waals surface area (Å²) in [4.78, 5) is 12.4. The summed E-state index contributed by atoms with van der Waals surface area (Å²) in [5.41, 5.74) is 4.45. The van der Waals surface area contributed by atoms with E-state index in [2.05, 4.69) is 16.6 Å². The number of carbonyl (C=O) groups is 1. The minimum atomic E-state index is 0.0434. The first kappa shape index (κ1) is 15.4. The molecule has 4 bridgehead atoms. The molecule has 5 rings (SSSR count). The molecule has 4 aliphatic rings. The molecular formula is C20H23N3O. The van der Waals surface area contributed by atoms with Crippen LogP contribution in [0.4, 0.5) is 0 Å². The standard InChI is InChI=1S/C20H23N3O/c21-12-14-1-3-15(4-2-14)13-22-23-19(24)11-20-8-16-5-17(9-20)7-18(6-16)10-20/h1-4,13,16-18H,5-11H2,(H,23,24)/b22-13-. The van der Waals surface area contributed by atoms with E-state index in [-0.39, 0.29) is 11.3 Å². The van der Waals surface area contributed by atoms with Crippen LogP contribution >= 0.6 is 0 Å². The van der Waals surface area contributed by atoms with E-state index in [0.717, 1.165) is 23.3 Å².